The third-order valence-corrected chi connectivity index (χ3v) is 5.47. The van der Waals surface area contributed by atoms with E-state index >= 15 is 0 Å². The van der Waals surface area contributed by atoms with Crippen LogP contribution in [0.2, 0.25) is 10.0 Å². The number of hydrogen-bond acceptors (Lipinski definition) is 4. The van der Waals surface area contributed by atoms with Crippen LogP contribution in [0, 0.1) is 0 Å². The summed E-state index contributed by atoms with van der Waals surface area (Å²) in [5, 5.41) is 2.68. The van der Waals surface area contributed by atoms with E-state index in [1.54, 1.807) is 0 Å². The first-order chi connectivity index (χ1) is 13.9. The monoisotopic (exact) mass is 429 g/mol. The third-order valence-electron chi connectivity index (χ3n) is 4.93. The average molecular weight is 430 g/mol. The highest BCUT2D eigenvalue weighted by Gasteiger charge is 2.37. The van der Waals surface area contributed by atoms with Crippen LogP contribution in [0.4, 0.5) is 16.2 Å². The number of halogens is 2. The lowest BCUT2D eigenvalue weighted by atomic mass is 10.1. The number of carbonyl (C=O) groups excluding carboxylic acids is 3. The van der Waals surface area contributed by atoms with Gasteiger partial charge in [-0.2, -0.15) is 0 Å². The number of amides is 4. The maximum atomic E-state index is 12.9. The minimum Gasteiger partial charge on any atom is -0.372 e. The highest BCUT2D eigenvalue weighted by molar-refractivity contribution is 6.42. The number of rotatable bonds is 3. The highest BCUT2D eigenvalue weighted by atomic mass is 35.5. The number of anilines is 2. The van der Waals surface area contributed by atoms with E-state index in [4.69, 9.17) is 23.2 Å². The first-order valence-electron chi connectivity index (χ1n) is 9.15. The van der Waals surface area contributed by atoms with Crippen molar-refractivity contribution in [3.05, 3.63) is 63.6 Å². The van der Waals surface area contributed by atoms with E-state index < -0.39 is 17.8 Å². The molecule has 0 aromatic heterocycles. The SMILES string of the molecule is O=C1NC(=O)N(c2ccc(Cl)cc2Cl)C(=O)C1=Cc1ccc(N2CCCC2)cc1. The van der Waals surface area contributed by atoms with Crippen molar-refractivity contribution in [1.82, 2.24) is 5.32 Å². The van der Waals surface area contributed by atoms with Crippen molar-refractivity contribution in [1.29, 1.82) is 0 Å². The van der Waals surface area contributed by atoms with E-state index in [0.29, 0.717) is 10.6 Å². The lowest BCUT2D eigenvalue weighted by Gasteiger charge is -2.27. The summed E-state index contributed by atoms with van der Waals surface area (Å²) < 4.78 is 0. The van der Waals surface area contributed by atoms with Gasteiger partial charge in [0.15, 0.2) is 0 Å². The molecule has 2 aliphatic rings. The molecule has 6 nitrogen and oxygen atoms in total. The molecule has 2 heterocycles. The zero-order valence-corrected chi connectivity index (χ0v) is 16.8. The van der Waals surface area contributed by atoms with E-state index in [0.717, 1.165) is 23.7 Å². The summed E-state index contributed by atoms with van der Waals surface area (Å²) in [5.74, 6) is -1.49. The number of urea groups is 1. The molecule has 8 heteroatoms. The van der Waals surface area contributed by atoms with Crippen LogP contribution in [-0.2, 0) is 9.59 Å². The Hall–Kier alpha value is -2.83. The van der Waals surface area contributed by atoms with Crippen LogP contribution >= 0.6 is 23.2 Å². The van der Waals surface area contributed by atoms with E-state index in [1.807, 2.05) is 24.3 Å². The Balaban J connectivity index is 1.64. The normalized spacial score (nSPS) is 18.6. The second kappa shape index (κ2) is 7.89. The minimum atomic E-state index is -0.856. The maximum absolute atomic E-state index is 12.9. The molecule has 2 aliphatic heterocycles. The van der Waals surface area contributed by atoms with E-state index in [2.05, 4.69) is 10.2 Å². The minimum absolute atomic E-state index is 0.129. The molecular weight excluding hydrogens is 413 g/mol. The lowest BCUT2D eigenvalue weighted by molar-refractivity contribution is -0.122. The molecular formula is C21H17Cl2N3O3. The fourth-order valence-electron chi connectivity index (χ4n) is 3.46. The van der Waals surface area contributed by atoms with Gasteiger partial charge in [-0.25, -0.2) is 9.69 Å². The van der Waals surface area contributed by atoms with Gasteiger partial charge < -0.3 is 4.90 Å². The van der Waals surface area contributed by atoms with Crippen LogP contribution in [0.1, 0.15) is 18.4 Å². The highest BCUT2D eigenvalue weighted by Crippen LogP contribution is 2.31. The molecule has 2 fully saturated rings. The van der Waals surface area contributed by atoms with Crippen LogP contribution in [0.5, 0.6) is 0 Å². The summed E-state index contributed by atoms with van der Waals surface area (Å²) in [5.41, 5.74) is 1.79. The molecule has 1 N–H and O–H groups in total. The Kier molecular flexibility index (Phi) is 5.30. The topological polar surface area (TPSA) is 69.7 Å². The summed E-state index contributed by atoms with van der Waals surface area (Å²) in [6.07, 6.45) is 3.82. The molecule has 0 bridgehead atoms. The predicted molar refractivity (Wildman–Crippen MR) is 113 cm³/mol. The summed E-state index contributed by atoms with van der Waals surface area (Å²) >= 11 is 12.0. The Labute approximate surface area is 177 Å². The summed E-state index contributed by atoms with van der Waals surface area (Å²) in [7, 11) is 0. The van der Waals surface area contributed by atoms with Gasteiger partial charge in [-0.05, 0) is 54.8 Å². The van der Waals surface area contributed by atoms with Crippen LogP contribution < -0.4 is 15.1 Å². The fraction of sp³-hybridized carbons (Fsp3) is 0.190. The van der Waals surface area contributed by atoms with Crippen molar-refractivity contribution >= 4 is 58.5 Å². The zero-order chi connectivity index (χ0) is 20.5. The lowest BCUT2D eigenvalue weighted by Crippen LogP contribution is -2.54. The van der Waals surface area contributed by atoms with Gasteiger partial charge in [-0.15, -0.1) is 0 Å². The Morgan fingerprint density at radius 2 is 1.62 bits per heavy atom. The molecule has 2 aromatic rings. The first kappa shape index (κ1) is 19.5. The molecule has 0 saturated carbocycles. The molecule has 0 aliphatic carbocycles. The molecule has 0 unspecified atom stereocenters. The van der Waals surface area contributed by atoms with Gasteiger partial charge in [-0.1, -0.05) is 35.3 Å². The van der Waals surface area contributed by atoms with Crippen molar-refractivity contribution in [3.8, 4) is 0 Å². The van der Waals surface area contributed by atoms with Gasteiger partial charge in [0.2, 0.25) is 0 Å². The fourth-order valence-corrected chi connectivity index (χ4v) is 3.96. The summed E-state index contributed by atoms with van der Waals surface area (Å²) in [6, 6.07) is 11.2. The molecule has 4 rings (SSSR count). The van der Waals surface area contributed by atoms with Gasteiger partial charge in [0.1, 0.15) is 5.57 Å². The van der Waals surface area contributed by atoms with Gasteiger partial charge in [-0.3, -0.25) is 14.9 Å². The number of benzene rings is 2. The van der Waals surface area contributed by atoms with Gasteiger partial charge in [0.25, 0.3) is 11.8 Å². The van der Waals surface area contributed by atoms with Crippen LogP contribution in [-0.4, -0.2) is 30.9 Å². The molecule has 29 heavy (non-hydrogen) atoms. The Bertz CT molecular complexity index is 1030. The van der Waals surface area contributed by atoms with E-state index in [1.165, 1.54) is 37.1 Å². The van der Waals surface area contributed by atoms with Crippen molar-refractivity contribution in [2.45, 2.75) is 12.8 Å². The van der Waals surface area contributed by atoms with Gasteiger partial charge in [0.05, 0.1) is 10.7 Å². The summed E-state index contributed by atoms with van der Waals surface area (Å²) in [4.78, 5) is 40.7. The standard InChI is InChI=1S/C21H17Cl2N3O3/c22-14-5-8-18(17(23)12-14)26-20(28)16(19(27)24-21(26)29)11-13-3-6-15(7-4-13)25-9-1-2-10-25/h3-8,11-12H,1-2,9-10H2,(H,24,27,29). The first-order valence-corrected chi connectivity index (χ1v) is 9.91. The average Bonchev–Trinajstić information content (AvgIpc) is 3.22. The Morgan fingerprint density at radius 1 is 0.931 bits per heavy atom. The van der Waals surface area contributed by atoms with Gasteiger partial charge in [0, 0.05) is 23.8 Å². The van der Waals surface area contributed by atoms with Crippen LogP contribution in [0.3, 0.4) is 0 Å². The van der Waals surface area contributed by atoms with Crippen LogP contribution in [0.15, 0.2) is 48.0 Å². The van der Waals surface area contributed by atoms with Crippen molar-refractivity contribution < 1.29 is 14.4 Å². The van der Waals surface area contributed by atoms with Crippen molar-refractivity contribution in [2.24, 2.45) is 0 Å². The number of nitrogens with zero attached hydrogens (tertiary/aromatic N) is 2. The quantitative estimate of drug-likeness (QED) is 0.584. The maximum Gasteiger partial charge on any atom is 0.335 e. The molecule has 2 saturated heterocycles. The largest absolute Gasteiger partial charge is 0.372 e. The molecule has 0 radical (unpaired) electrons. The number of nitrogens with one attached hydrogen (secondary N) is 1. The number of hydrogen-bond donors (Lipinski definition) is 1. The van der Waals surface area contributed by atoms with Crippen molar-refractivity contribution in [2.75, 3.05) is 22.9 Å². The third kappa shape index (κ3) is 3.86. The molecule has 0 atom stereocenters. The molecule has 0 spiro atoms. The van der Waals surface area contributed by atoms with Crippen LogP contribution in [0.25, 0.3) is 6.08 Å². The smallest absolute Gasteiger partial charge is 0.335 e. The van der Waals surface area contributed by atoms with E-state index in [9.17, 15) is 14.4 Å². The number of barbiturate groups is 1. The van der Waals surface area contributed by atoms with Crippen molar-refractivity contribution in [3.63, 3.8) is 0 Å². The van der Waals surface area contributed by atoms with E-state index in [-0.39, 0.29) is 16.3 Å². The zero-order valence-electron chi connectivity index (χ0n) is 15.3. The molecule has 4 amide bonds. The predicted octanol–water partition coefficient (Wildman–Crippen LogP) is 4.26. The summed E-state index contributed by atoms with van der Waals surface area (Å²) in [6.45, 7) is 2.06. The second-order valence-electron chi connectivity index (χ2n) is 6.84. The molecule has 148 valence electrons. The second-order valence-corrected chi connectivity index (χ2v) is 7.68. The molecule has 2 aromatic carbocycles. The van der Waals surface area contributed by atoms with Gasteiger partial charge >= 0.3 is 6.03 Å². The number of carbonyl (C=O) groups is 3. The number of imide groups is 2. The Morgan fingerprint density at radius 3 is 2.28 bits per heavy atom.